The highest BCUT2D eigenvalue weighted by atomic mass is 15.3. The highest BCUT2D eigenvalue weighted by Gasteiger charge is 2.25. The predicted molar refractivity (Wildman–Crippen MR) is 101 cm³/mol. The van der Waals surface area contributed by atoms with Crippen LogP contribution in [0.15, 0.2) is 30.6 Å². The van der Waals surface area contributed by atoms with Gasteiger partial charge >= 0.3 is 0 Å². The minimum atomic E-state index is 0.301. The Bertz CT molecular complexity index is 1030. The fourth-order valence-electron chi connectivity index (χ4n) is 3.76. The van der Waals surface area contributed by atoms with Crippen LogP contribution in [0.1, 0.15) is 27.9 Å². The maximum atomic E-state index is 9.82. The molecule has 0 aliphatic carbocycles. The summed E-state index contributed by atoms with van der Waals surface area (Å²) in [5, 5.41) is 17.6. The van der Waals surface area contributed by atoms with Gasteiger partial charge in [-0.15, -0.1) is 0 Å². The molecule has 0 radical (unpaired) electrons. The third kappa shape index (κ3) is 2.54. The number of nitrogens with one attached hydrogen (secondary N) is 1. The lowest BCUT2D eigenvalue weighted by molar-refractivity contribution is 0.632. The van der Waals surface area contributed by atoms with Gasteiger partial charge in [0.2, 0.25) is 0 Å². The molecule has 130 valence electrons. The topological polar surface area (TPSA) is 92.5 Å². The first-order chi connectivity index (χ1) is 12.6. The Balaban J connectivity index is 2.12. The molecule has 3 aromatic rings. The molecule has 2 aromatic heterocycles. The Hall–Kier alpha value is -3.17. The molecule has 1 aliphatic heterocycles. The Morgan fingerprint density at radius 2 is 2.12 bits per heavy atom. The minimum absolute atomic E-state index is 0.301. The van der Waals surface area contributed by atoms with Gasteiger partial charge in [0.15, 0.2) is 0 Å². The number of pyridine rings is 1. The van der Waals surface area contributed by atoms with Crippen LogP contribution in [0.2, 0.25) is 0 Å². The molecule has 26 heavy (non-hydrogen) atoms. The average Bonchev–Trinajstić information content (AvgIpc) is 3.15. The highest BCUT2D eigenvalue weighted by Crippen LogP contribution is 2.39. The molecule has 0 atom stereocenters. The van der Waals surface area contributed by atoms with Crippen LogP contribution in [0.5, 0.6) is 0 Å². The van der Waals surface area contributed by atoms with Crippen molar-refractivity contribution in [2.45, 2.75) is 26.8 Å². The van der Waals surface area contributed by atoms with E-state index >= 15 is 0 Å². The van der Waals surface area contributed by atoms with E-state index in [4.69, 9.17) is 5.73 Å². The number of rotatable bonds is 2. The summed E-state index contributed by atoms with van der Waals surface area (Å²) in [7, 11) is 0. The molecule has 3 N–H and O–H groups in total. The molecule has 0 unspecified atom stereocenters. The van der Waals surface area contributed by atoms with E-state index in [9.17, 15) is 5.26 Å². The number of aromatic nitrogens is 3. The lowest BCUT2D eigenvalue weighted by Gasteiger charge is -2.24. The standard InChI is InChI=1S/C20H20N6/c1-12-8-13(2)18(17(9-12)26-7-3-5-24-26)19-14(10-21)20(22)25-16-4-6-23-11-15(16)19/h3,5,7-9,23H,4,6,11H2,1-2H3,(H2,22,25). The summed E-state index contributed by atoms with van der Waals surface area (Å²) in [6.45, 7) is 5.67. The normalized spacial score (nSPS) is 13.3. The second-order valence-electron chi connectivity index (χ2n) is 6.64. The number of nitrogens with zero attached hydrogens (tertiary/aromatic N) is 4. The molecule has 0 bridgehead atoms. The summed E-state index contributed by atoms with van der Waals surface area (Å²) >= 11 is 0. The number of aryl methyl sites for hydroxylation is 2. The lowest BCUT2D eigenvalue weighted by atomic mass is 9.87. The van der Waals surface area contributed by atoms with Crippen LogP contribution in [-0.2, 0) is 13.0 Å². The summed E-state index contributed by atoms with van der Waals surface area (Å²) in [5.74, 6) is 0.301. The van der Waals surface area contributed by atoms with E-state index in [0.29, 0.717) is 17.9 Å². The zero-order valence-electron chi connectivity index (χ0n) is 14.9. The summed E-state index contributed by atoms with van der Waals surface area (Å²) < 4.78 is 1.84. The van der Waals surface area contributed by atoms with Gasteiger partial charge in [-0.1, -0.05) is 6.07 Å². The summed E-state index contributed by atoms with van der Waals surface area (Å²) in [5.41, 5.74) is 13.7. The number of nitrogen functional groups attached to an aromatic ring is 1. The van der Waals surface area contributed by atoms with Crippen molar-refractivity contribution < 1.29 is 0 Å². The van der Waals surface area contributed by atoms with Crippen molar-refractivity contribution >= 4 is 5.82 Å². The van der Waals surface area contributed by atoms with Gasteiger partial charge in [0.25, 0.3) is 0 Å². The van der Waals surface area contributed by atoms with Gasteiger partial charge in [0.1, 0.15) is 17.5 Å². The molecule has 6 heteroatoms. The molecule has 1 aromatic carbocycles. The van der Waals surface area contributed by atoms with Crippen LogP contribution in [0.25, 0.3) is 16.8 Å². The largest absolute Gasteiger partial charge is 0.383 e. The lowest BCUT2D eigenvalue weighted by Crippen LogP contribution is -2.26. The van der Waals surface area contributed by atoms with Crippen molar-refractivity contribution in [3.63, 3.8) is 0 Å². The van der Waals surface area contributed by atoms with Crippen LogP contribution in [0.3, 0.4) is 0 Å². The first kappa shape index (κ1) is 16.3. The molecule has 0 saturated carbocycles. The fourth-order valence-corrected chi connectivity index (χ4v) is 3.76. The average molecular weight is 344 g/mol. The Labute approximate surface area is 152 Å². The van der Waals surface area contributed by atoms with Gasteiger partial charge in [-0.2, -0.15) is 10.4 Å². The van der Waals surface area contributed by atoms with Crippen molar-refractivity contribution in [3.8, 4) is 22.9 Å². The van der Waals surface area contributed by atoms with Crippen molar-refractivity contribution in [2.75, 3.05) is 12.3 Å². The van der Waals surface area contributed by atoms with E-state index in [-0.39, 0.29) is 0 Å². The number of benzene rings is 1. The third-order valence-corrected chi connectivity index (χ3v) is 4.82. The zero-order valence-corrected chi connectivity index (χ0v) is 14.9. The summed E-state index contributed by atoms with van der Waals surface area (Å²) in [6.07, 6.45) is 4.48. The molecule has 0 saturated heterocycles. The monoisotopic (exact) mass is 344 g/mol. The smallest absolute Gasteiger partial charge is 0.142 e. The Morgan fingerprint density at radius 1 is 1.27 bits per heavy atom. The zero-order chi connectivity index (χ0) is 18.3. The molecule has 0 fully saturated rings. The molecular formula is C20H20N6. The van der Waals surface area contributed by atoms with E-state index in [0.717, 1.165) is 52.2 Å². The first-order valence-corrected chi connectivity index (χ1v) is 8.64. The fraction of sp³-hybridized carbons (Fsp3) is 0.250. The van der Waals surface area contributed by atoms with E-state index < -0.39 is 0 Å². The molecule has 4 rings (SSSR count). The number of nitriles is 1. The van der Waals surface area contributed by atoms with Gasteiger partial charge in [-0.3, -0.25) is 0 Å². The SMILES string of the molecule is Cc1cc(C)c(-c2c(C#N)c(N)nc3c2CNCC3)c(-n2cccn2)c1. The van der Waals surface area contributed by atoms with Crippen LogP contribution < -0.4 is 11.1 Å². The summed E-state index contributed by atoms with van der Waals surface area (Å²) in [4.78, 5) is 4.50. The van der Waals surface area contributed by atoms with E-state index in [1.54, 1.807) is 6.20 Å². The van der Waals surface area contributed by atoms with Gasteiger partial charge in [-0.05, 0) is 42.7 Å². The minimum Gasteiger partial charge on any atom is -0.383 e. The van der Waals surface area contributed by atoms with Crippen molar-refractivity contribution in [2.24, 2.45) is 0 Å². The van der Waals surface area contributed by atoms with Gasteiger partial charge < -0.3 is 11.1 Å². The van der Waals surface area contributed by atoms with Crippen LogP contribution >= 0.6 is 0 Å². The van der Waals surface area contributed by atoms with E-state index in [2.05, 4.69) is 47.4 Å². The maximum Gasteiger partial charge on any atom is 0.142 e. The van der Waals surface area contributed by atoms with Gasteiger partial charge in [0, 0.05) is 48.7 Å². The number of hydrogen-bond donors (Lipinski definition) is 2. The van der Waals surface area contributed by atoms with Crippen molar-refractivity contribution in [1.82, 2.24) is 20.1 Å². The Kier molecular flexibility index (Phi) is 3.94. The number of fused-ring (bicyclic) bond motifs is 1. The molecule has 0 amide bonds. The van der Waals surface area contributed by atoms with E-state index in [1.807, 2.05) is 16.9 Å². The molecular weight excluding hydrogens is 324 g/mol. The molecule has 6 nitrogen and oxygen atoms in total. The molecule has 0 spiro atoms. The Morgan fingerprint density at radius 3 is 2.85 bits per heavy atom. The van der Waals surface area contributed by atoms with Gasteiger partial charge in [-0.25, -0.2) is 9.67 Å². The van der Waals surface area contributed by atoms with Crippen molar-refractivity contribution in [1.29, 1.82) is 5.26 Å². The van der Waals surface area contributed by atoms with E-state index in [1.165, 1.54) is 0 Å². The van der Waals surface area contributed by atoms with Crippen LogP contribution in [0.4, 0.5) is 5.82 Å². The highest BCUT2D eigenvalue weighted by molar-refractivity contribution is 5.86. The second-order valence-corrected chi connectivity index (χ2v) is 6.64. The predicted octanol–water partition coefficient (Wildman–Crippen LogP) is 2.65. The summed E-state index contributed by atoms with van der Waals surface area (Å²) in [6, 6.07) is 8.40. The quantitative estimate of drug-likeness (QED) is 0.745. The second kappa shape index (κ2) is 6.28. The molecule has 1 aliphatic rings. The van der Waals surface area contributed by atoms with Crippen LogP contribution in [0, 0.1) is 25.2 Å². The number of nitrogens with two attached hydrogens (primary N) is 1. The van der Waals surface area contributed by atoms with Crippen LogP contribution in [-0.4, -0.2) is 21.3 Å². The van der Waals surface area contributed by atoms with Gasteiger partial charge in [0.05, 0.1) is 5.69 Å². The first-order valence-electron chi connectivity index (χ1n) is 8.64. The third-order valence-electron chi connectivity index (χ3n) is 4.82. The van der Waals surface area contributed by atoms with Crippen molar-refractivity contribution in [3.05, 3.63) is 58.5 Å². The maximum absolute atomic E-state index is 9.82. The number of anilines is 1. The molecule has 3 heterocycles. The number of hydrogen-bond acceptors (Lipinski definition) is 5.